The number of aromatic nitrogens is 3. The molecule has 0 aliphatic rings. The normalized spacial score (nSPS) is 10.9. The monoisotopic (exact) mass is 242 g/mol. The lowest BCUT2D eigenvalue weighted by Gasteiger charge is -2.00. The summed E-state index contributed by atoms with van der Waals surface area (Å²) < 4.78 is 6.60. The van der Waals surface area contributed by atoms with E-state index in [2.05, 4.69) is 9.97 Å². The van der Waals surface area contributed by atoms with Crippen molar-refractivity contribution in [2.75, 3.05) is 5.73 Å². The average molecular weight is 242 g/mol. The predicted molar refractivity (Wildman–Crippen MR) is 66.0 cm³/mol. The molecule has 0 aliphatic heterocycles. The summed E-state index contributed by atoms with van der Waals surface area (Å²) in [5.41, 5.74) is 7.35. The maximum Gasteiger partial charge on any atom is 0.420 e. The van der Waals surface area contributed by atoms with Crippen LogP contribution in [0.25, 0.3) is 11.1 Å². The Labute approximate surface area is 102 Å². The van der Waals surface area contributed by atoms with E-state index in [-0.39, 0.29) is 6.54 Å². The second-order valence-corrected chi connectivity index (χ2v) is 3.85. The van der Waals surface area contributed by atoms with Crippen LogP contribution in [0.1, 0.15) is 5.82 Å². The molecule has 6 nitrogen and oxygen atoms in total. The number of rotatable bonds is 2. The van der Waals surface area contributed by atoms with Gasteiger partial charge in [0, 0.05) is 24.1 Å². The van der Waals surface area contributed by atoms with Gasteiger partial charge in [-0.3, -0.25) is 4.57 Å². The third-order valence-electron chi connectivity index (χ3n) is 2.61. The van der Waals surface area contributed by atoms with Crippen LogP contribution >= 0.6 is 0 Å². The molecule has 0 spiro atoms. The van der Waals surface area contributed by atoms with Crippen molar-refractivity contribution < 1.29 is 4.42 Å². The second kappa shape index (κ2) is 3.99. The van der Waals surface area contributed by atoms with Gasteiger partial charge in [0.25, 0.3) is 0 Å². The molecule has 3 aromatic rings. The highest BCUT2D eigenvalue weighted by Crippen LogP contribution is 2.16. The van der Waals surface area contributed by atoms with Gasteiger partial charge >= 0.3 is 5.76 Å². The molecule has 0 saturated carbocycles. The number of nitrogen functional groups attached to an aromatic ring is 1. The molecule has 0 fully saturated rings. The number of benzene rings is 1. The Morgan fingerprint density at radius 1 is 1.28 bits per heavy atom. The van der Waals surface area contributed by atoms with E-state index >= 15 is 0 Å². The molecule has 2 aromatic heterocycles. The minimum atomic E-state index is -0.442. The first-order valence-electron chi connectivity index (χ1n) is 5.39. The van der Waals surface area contributed by atoms with Crippen molar-refractivity contribution >= 4 is 16.8 Å². The Hall–Kier alpha value is -2.63. The summed E-state index contributed by atoms with van der Waals surface area (Å²) in [7, 11) is 0. The van der Waals surface area contributed by atoms with E-state index in [1.807, 2.05) is 0 Å². The first kappa shape index (κ1) is 10.5. The third kappa shape index (κ3) is 1.73. The van der Waals surface area contributed by atoms with Crippen molar-refractivity contribution in [2.45, 2.75) is 6.54 Å². The zero-order valence-corrected chi connectivity index (χ0v) is 9.41. The van der Waals surface area contributed by atoms with Gasteiger partial charge in [-0.2, -0.15) is 0 Å². The van der Waals surface area contributed by atoms with E-state index in [1.54, 1.807) is 36.7 Å². The topological polar surface area (TPSA) is 86.9 Å². The molecule has 0 aliphatic carbocycles. The molecule has 3 rings (SSSR count). The zero-order chi connectivity index (χ0) is 12.5. The lowest BCUT2D eigenvalue weighted by Crippen LogP contribution is -2.16. The van der Waals surface area contributed by atoms with Crippen LogP contribution in [-0.2, 0) is 6.54 Å². The number of fused-ring (bicyclic) bond motifs is 1. The van der Waals surface area contributed by atoms with Crippen molar-refractivity contribution in [2.24, 2.45) is 0 Å². The summed E-state index contributed by atoms with van der Waals surface area (Å²) >= 11 is 0. The molecular formula is C12H10N4O2. The van der Waals surface area contributed by atoms with Crippen LogP contribution < -0.4 is 11.5 Å². The quantitative estimate of drug-likeness (QED) is 0.678. The Kier molecular flexibility index (Phi) is 2.33. The van der Waals surface area contributed by atoms with E-state index in [0.717, 1.165) is 0 Å². The summed E-state index contributed by atoms with van der Waals surface area (Å²) in [6.45, 7) is 0.274. The third-order valence-corrected chi connectivity index (χ3v) is 2.61. The first-order chi connectivity index (χ1) is 8.74. The number of anilines is 1. The van der Waals surface area contributed by atoms with Crippen molar-refractivity contribution in [3.05, 3.63) is 53.0 Å². The molecule has 0 radical (unpaired) electrons. The van der Waals surface area contributed by atoms with Crippen molar-refractivity contribution in [3.63, 3.8) is 0 Å². The molecule has 0 bridgehead atoms. The van der Waals surface area contributed by atoms with E-state index in [1.165, 1.54) is 4.57 Å². The predicted octanol–water partition coefficient (Wildman–Crippen LogP) is 1.02. The molecular weight excluding hydrogens is 232 g/mol. The van der Waals surface area contributed by atoms with E-state index in [9.17, 15) is 4.79 Å². The minimum Gasteiger partial charge on any atom is -0.408 e. The smallest absolute Gasteiger partial charge is 0.408 e. The Morgan fingerprint density at radius 2 is 2.06 bits per heavy atom. The van der Waals surface area contributed by atoms with Gasteiger partial charge in [-0.15, -0.1) is 0 Å². The molecule has 0 atom stereocenters. The van der Waals surface area contributed by atoms with Crippen LogP contribution in [0.5, 0.6) is 0 Å². The van der Waals surface area contributed by atoms with Gasteiger partial charge in [-0.25, -0.2) is 14.8 Å². The molecule has 2 N–H and O–H groups in total. The average Bonchev–Trinajstić information content (AvgIpc) is 2.66. The minimum absolute atomic E-state index is 0.274. The molecule has 0 unspecified atom stereocenters. The number of hydrogen-bond acceptors (Lipinski definition) is 5. The van der Waals surface area contributed by atoms with Crippen molar-refractivity contribution in [3.8, 4) is 0 Å². The number of nitrogens with zero attached hydrogens (tertiary/aromatic N) is 3. The summed E-state index contributed by atoms with van der Waals surface area (Å²) in [5, 5.41) is 0. The van der Waals surface area contributed by atoms with Gasteiger partial charge in [0.2, 0.25) is 0 Å². The fourth-order valence-corrected chi connectivity index (χ4v) is 1.79. The van der Waals surface area contributed by atoms with Gasteiger partial charge in [0.05, 0.1) is 12.1 Å². The number of nitrogens with two attached hydrogens (primary N) is 1. The summed E-state index contributed by atoms with van der Waals surface area (Å²) in [5.74, 6) is 0.113. The largest absolute Gasteiger partial charge is 0.420 e. The second-order valence-electron chi connectivity index (χ2n) is 3.85. The van der Waals surface area contributed by atoms with Gasteiger partial charge < -0.3 is 10.2 Å². The van der Waals surface area contributed by atoms with Crippen molar-refractivity contribution in [1.82, 2.24) is 14.5 Å². The van der Waals surface area contributed by atoms with Gasteiger partial charge in [0.15, 0.2) is 5.58 Å². The number of hydrogen-bond donors (Lipinski definition) is 1. The summed E-state index contributed by atoms with van der Waals surface area (Å²) in [4.78, 5) is 19.9. The molecule has 2 heterocycles. The highest BCUT2D eigenvalue weighted by molar-refractivity contribution is 5.76. The summed E-state index contributed by atoms with van der Waals surface area (Å²) in [6, 6.07) is 6.82. The SMILES string of the molecule is Nc1ccc2c(c1)oc(=O)n2Cc1ncccn1. The first-order valence-corrected chi connectivity index (χ1v) is 5.39. The van der Waals surface area contributed by atoms with Crippen LogP contribution in [0, 0.1) is 0 Å². The maximum atomic E-state index is 11.8. The van der Waals surface area contributed by atoms with Gasteiger partial charge in [-0.1, -0.05) is 0 Å². The van der Waals surface area contributed by atoms with Gasteiger partial charge in [0.1, 0.15) is 5.82 Å². The van der Waals surface area contributed by atoms with Crippen molar-refractivity contribution in [1.29, 1.82) is 0 Å². The molecule has 0 saturated heterocycles. The molecule has 1 aromatic carbocycles. The lowest BCUT2D eigenvalue weighted by atomic mass is 10.3. The van der Waals surface area contributed by atoms with E-state index in [4.69, 9.17) is 10.2 Å². The Balaban J connectivity index is 2.12. The molecule has 0 amide bonds. The van der Waals surface area contributed by atoms with Gasteiger partial charge in [-0.05, 0) is 18.2 Å². The zero-order valence-electron chi connectivity index (χ0n) is 9.41. The Morgan fingerprint density at radius 3 is 2.83 bits per heavy atom. The van der Waals surface area contributed by atoms with Crippen LogP contribution in [0.3, 0.4) is 0 Å². The van der Waals surface area contributed by atoms with Crippen LogP contribution in [0.15, 0.2) is 45.9 Å². The molecule has 90 valence electrons. The maximum absolute atomic E-state index is 11.8. The Bertz CT molecular complexity index is 746. The van der Waals surface area contributed by atoms with Crippen LogP contribution in [0.4, 0.5) is 5.69 Å². The fraction of sp³-hybridized carbons (Fsp3) is 0.0833. The highest BCUT2D eigenvalue weighted by atomic mass is 16.4. The van der Waals surface area contributed by atoms with E-state index < -0.39 is 5.76 Å². The molecule has 6 heteroatoms. The number of oxazole rings is 1. The fourth-order valence-electron chi connectivity index (χ4n) is 1.79. The highest BCUT2D eigenvalue weighted by Gasteiger charge is 2.10. The van der Waals surface area contributed by atoms with Crippen LogP contribution in [-0.4, -0.2) is 14.5 Å². The molecule has 18 heavy (non-hydrogen) atoms. The summed E-state index contributed by atoms with van der Waals surface area (Å²) in [6.07, 6.45) is 3.27. The standard InChI is InChI=1S/C12H10N4O2/c13-8-2-3-9-10(6-8)18-12(17)16(9)7-11-14-4-1-5-15-11/h1-6H,7,13H2. The van der Waals surface area contributed by atoms with Crippen LogP contribution in [0.2, 0.25) is 0 Å². The lowest BCUT2D eigenvalue weighted by molar-refractivity contribution is 0.514. The van der Waals surface area contributed by atoms with E-state index in [0.29, 0.717) is 22.6 Å².